The number of hydrogen-bond acceptors (Lipinski definition) is 9. The number of nitrogens with zero attached hydrogens (tertiary/aromatic N) is 2. The number of carbonyl (C=O) groups is 2. The van der Waals surface area contributed by atoms with Crippen LogP contribution in [0.15, 0.2) is 63.0 Å². The number of aromatic hydroxyl groups is 1. The molecule has 3 aromatic carbocycles. The highest BCUT2D eigenvalue weighted by molar-refractivity contribution is 9.10. The predicted octanol–water partition coefficient (Wildman–Crippen LogP) is 7.92. The van der Waals surface area contributed by atoms with E-state index < -0.39 is 5.54 Å². The molecule has 1 unspecified atom stereocenters. The van der Waals surface area contributed by atoms with Gasteiger partial charge in [0.15, 0.2) is 28.1 Å². The Balaban J connectivity index is 1.08. The van der Waals surface area contributed by atoms with Crippen molar-refractivity contribution in [1.29, 1.82) is 0 Å². The lowest BCUT2D eigenvalue weighted by Crippen LogP contribution is -2.47. The van der Waals surface area contributed by atoms with Crippen LogP contribution in [-0.2, 0) is 21.5 Å². The van der Waals surface area contributed by atoms with E-state index in [0.717, 1.165) is 64.6 Å². The van der Waals surface area contributed by atoms with Gasteiger partial charge in [-0.05, 0) is 114 Å². The average Bonchev–Trinajstić information content (AvgIpc) is 3.69. The highest BCUT2D eigenvalue weighted by Crippen LogP contribution is 2.42. The van der Waals surface area contributed by atoms with Crippen LogP contribution < -0.4 is 29.7 Å². The molecule has 262 valence electrons. The first-order valence-corrected chi connectivity index (χ1v) is 18.8. The lowest BCUT2D eigenvalue weighted by molar-refractivity contribution is -0.117. The van der Waals surface area contributed by atoms with E-state index in [-0.39, 0.29) is 24.0 Å². The first kappa shape index (κ1) is 35.9. The number of unbranched alkanes of at least 4 members (excludes halogenated alkanes) is 2. The SMILES string of the molecule is COc1cc2c(cc1OCCCCCN1C(=O)/C(=C\c3cc(Br)c(O)c(OC)c3)c3cc(Br)ccc31)C(C)(CC(=O)Nc1nccs1)NCC2. The maximum atomic E-state index is 13.8. The molecule has 0 bridgehead atoms. The number of aromatic nitrogens is 1. The van der Waals surface area contributed by atoms with Crippen LogP contribution in [0.1, 0.15) is 54.9 Å². The topological polar surface area (TPSA) is 122 Å². The van der Waals surface area contributed by atoms with Gasteiger partial charge in [-0.2, -0.15) is 0 Å². The minimum absolute atomic E-state index is 0.00847. The molecular formula is C37H38Br2N4O6S. The molecule has 50 heavy (non-hydrogen) atoms. The van der Waals surface area contributed by atoms with Gasteiger partial charge in [-0.1, -0.05) is 15.9 Å². The molecule has 3 heterocycles. The van der Waals surface area contributed by atoms with Crippen molar-refractivity contribution in [3.63, 3.8) is 0 Å². The minimum atomic E-state index is -0.578. The number of methoxy groups -OCH3 is 2. The number of halogens is 2. The van der Waals surface area contributed by atoms with Crippen LogP contribution in [0.25, 0.3) is 11.6 Å². The second kappa shape index (κ2) is 15.5. The second-order valence-electron chi connectivity index (χ2n) is 12.4. The molecule has 0 radical (unpaired) electrons. The molecule has 13 heteroatoms. The van der Waals surface area contributed by atoms with Crippen LogP contribution in [0.3, 0.4) is 0 Å². The number of anilines is 2. The van der Waals surface area contributed by atoms with Gasteiger partial charge in [0.25, 0.3) is 5.91 Å². The van der Waals surface area contributed by atoms with Crippen molar-refractivity contribution in [2.45, 2.75) is 44.6 Å². The monoisotopic (exact) mass is 824 g/mol. The number of rotatable bonds is 13. The van der Waals surface area contributed by atoms with Gasteiger partial charge in [-0.25, -0.2) is 4.98 Å². The van der Waals surface area contributed by atoms with E-state index in [4.69, 9.17) is 14.2 Å². The molecule has 1 atom stereocenters. The van der Waals surface area contributed by atoms with Crippen LogP contribution in [0, 0.1) is 0 Å². The molecule has 0 fully saturated rings. The standard InChI is InChI=1S/C37H38Br2N4O6S/c1-37(21-33(44)42-36-40-11-14-50-36)27-20-31(30(47-2)18-23(27)9-10-41-37)49-13-6-4-5-12-43-29-8-7-24(38)19-25(29)26(35(43)46)15-22-16-28(39)34(45)32(17-22)48-3/h7-8,11,14-20,41,45H,4-6,9-10,12-13,21H2,1-3H3,(H,40,42,44)/b26-15-. The zero-order valence-electron chi connectivity index (χ0n) is 28.0. The highest BCUT2D eigenvalue weighted by Gasteiger charge is 2.36. The molecular weight excluding hydrogens is 788 g/mol. The Bertz CT molecular complexity index is 1940. The summed E-state index contributed by atoms with van der Waals surface area (Å²) >= 11 is 8.32. The van der Waals surface area contributed by atoms with Gasteiger partial charge in [0.1, 0.15) is 0 Å². The normalized spacial score (nSPS) is 17.4. The number of phenols is 1. The molecule has 4 aromatic rings. The van der Waals surface area contributed by atoms with Crippen LogP contribution in [0.2, 0.25) is 0 Å². The summed E-state index contributed by atoms with van der Waals surface area (Å²) in [4.78, 5) is 32.7. The fourth-order valence-electron chi connectivity index (χ4n) is 6.51. The molecule has 1 aromatic heterocycles. The highest BCUT2D eigenvalue weighted by atomic mass is 79.9. The average molecular weight is 827 g/mol. The lowest BCUT2D eigenvalue weighted by Gasteiger charge is -2.37. The summed E-state index contributed by atoms with van der Waals surface area (Å²) in [6.45, 7) is 3.83. The van der Waals surface area contributed by atoms with Gasteiger partial charge in [0.2, 0.25) is 5.91 Å². The fraction of sp³-hybridized carbons (Fsp3) is 0.324. The third-order valence-corrected chi connectivity index (χ3v) is 10.8. The van der Waals surface area contributed by atoms with E-state index in [9.17, 15) is 14.7 Å². The van der Waals surface area contributed by atoms with E-state index in [1.54, 1.807) is 25.4 Å². The van der Waals surface area contributed by atoms with Gasteiger partial charge in [-0.15, -0.1) is 11.3 Å². The quantitative estimate of drug-likeness (QED) is 0.0919. The van der Waals surface area contributed by atoms with Crippen molar-refractivity contribution >= 4 is 77.5 Å². The number of carbonyl (C=O) groups excluding carboxylic acids is 2. The minimum Gasteiger partial charge on any atom is -0.503 e. The zero-order valence-corrected chi connectivity index (χ0v) is 32.0. The molecule has 2 amide bonds. The number of hydrogen-bond donors (Lipinski definition) is 3. The van der Waals surface area contributed by atoms with Crippen LogP contribution in [0.5, 0.6) is 23.0 Å². The number of fused-ring (bicyclic) bond motifs is 2. The number of phenolic OH excluding ortho intramolecular Hbond substituents is 1. The summed E-state index contributed by atoms with van der Waals surface area (Å²) in [5.74, 6) is 1.46. The van der Waals surface area contributed by atoms with Crippen molar-refractivity contribution in [3.05, 3.63) is 85.2 Å². The summed E-state index contributed by atoms with van der Waals surface area (Å²) < 4.78 is 18.6. The predicted molar refractivity (Wildman–Crippen MR) is 203 cm³/mol. The summed E-state index contributed by atoms with van der Waals surface area (Å²) in [5, 5.41) is 19.1. The molecule has 0 aliphatic carbocycles. The van der Waals surface area contributed by atoms with E-state index in [1.807, 2.05) is 53.6 Å². The van der Waals surface area contributed by atoms with E-state index in [2.05, 4.69) is 47.5 Å². The Kier molecular flexibility index (Phi) is 11.2. The maximum absolute atomic E-state index is 13.8. The number of thiazole rings is 1. The van der Waals surface area contributed by atoms with Crippen LogP contribution >= 0.6 is 43.2 Å². The van der Waals surface area contributed by atoms with Gasteiger partial charge >= 0.3 is 0 Å². The van der Waals surface area contributed by atoms with Crippen molar-refractivity contribution in [2.24, 2.45) is 0 Å². The van der Waals surface area contributed by atoms with E-state index in [0.29, 0.717) is 45.6 Å². The molecule has 0 saturated carbocycles. The number of benzene rings is 3. The Morgan fingerprint density at radius 2 is 1.92 bits per heavy atom. The van der Waals surface area contributed by atoms with Crippen LogP contribution in [0.4, 0.5) is 10.8 Å². The first-order chi connectivity index (χ1) is 24.1. The first-order valence-electron chi connectivity index (χ1n) is 16.3. The summed E-state index contributed by atoms with van der Waals surface area (Å²) in [5.41, 5.74) is 4.59. The Labute approximate surface area is 312 Å². The fourth-order valence-corrected chi connectivity index (χ4v) is 7.88. The molecule has 0 saturated heterocycles. The smallest absolute Gasteiger partial charge is 0.258 e. The van der Waals surface area contributed by atoms with Crippen molar-refractivity contribution < 1.29 is 28.9 Å². The van der Waals surface area contributed by atoms with Crippen LogP contribution in [-0.4, -0.2) is 55.8 Å². The lowest BCUT2D eigenvalue weighted by atomic mass is 9.81. The van der Waals surface area contributed by atoms with Crippen molar-refractivity contribution in [3.8, 4) is 23.0 Å². The zero-order chi connectivity index (χ0) is 35.4. The van der Waals surface area contributed by atoms with Crippen molar-refractivity contribution in [2.75, 3.05) is 44.1 Å². The third-order valence-electron chi connectivity index (χ3n) is 8.97. The molecule has 2 aliphatic rings. The molecule has 0 spiro atoms. The van der Waals surface area contributed by atoms with Gasteiger partial charge in [0, 0.05) is 52.2 Å². The Morgan fingerprint density at radius 3 is 2.68 bits per heavy atom. The number of nitrogens with one attached hydrogen (secondary N) is 2. The summed E-state index contributed by atoms with van der Waals surface area (Å²) in [7, 11) is 3.13. The van der Waals surface area contributed by atoms with Gasteiger partial charge < -0.3 is 34.9 Å². The molecule has 2 aliphatic heterocycles. The van der Waals surface area contributed by atoms with E-state index in [1.165, 1.54) is 18.4 Å². The largest absolute Gasteiger partial charge is 0.503 e. The Hall–Kier alpha value is -3.91. The third kappa shape index (κ3) is 7.70. The van der Waals surface area contributed by atoms with Gasteiger partial charge in [0.05, 0.1) is 31.0 Å². The summed E-state index contributed by atoms with van der Waals surface area (Å²) in [6.07, 6.45) is 6.98. The maximum Gasteiger partial charge on any atom is 0.258 e. The van der Waals surface area contributed by atoms with Gasteiger partial charge in [-0.3, -0.25) is 9.59 Å². The number of amides is 2. The summed E-state index contributed by atoms with van der Waals surface area (Å²) in [6, 6.07) is 13.3. The number of ether oxygens (including phenoxy) is 3. The molecule has 6 rings (SSSR count). The Morgan fingerprint density at radius 1 is 1.10 bits per heavy atom. The molecule has 3 N–H and O–H groups in total. The molecule has 10 nitrogen and oxygen atoms in total. The van der Waals surface area contributed by atoms with E-state index >= 15 is 0 Å². The second-order valence-corrected chi connectivity index (χ2v) is 15.0. The van der Waals surface area contributed by atoms with Crippen molar-refractivity contribution in [1.82, 2.24) is 10.3 Å².